The Morgan fingerprint density at radius 3 is 2.63 bits per heavy atom. The first-order valence-electron chi connectivity index (χ1n) is 11.3. The summed E-state index contributed by atoms with van der Waals surface area (Å²) in [6.45, 7) is 2.73. The van der Waals surface area contributed by atoms with Crippen molar-refractivity contribution < 1.29 is 18.7 Å². The van der Waals surface area contributed by atoms with E-state index >= 15 is 0 Å². The molecule has 0 bridgehead atoms. The molecule has 0 radical (unpaired) electrons. The molecule has 0 spiro atoms. The van der Waals surface area contributed by atoms with E-state index in [1.54, 1.807) is 36.3 Å². The molecular weight excluding hydrogens is 447 g/mol. The van der Waals surface area contributed by atoms with Crippen LogP contribution in [0.25, 0.3) is 10.8 Å². The van der Waals surface area contributed by atoms with Crippen molar-refractivity contribution in [3.05, 3.63) is 83.4 Å². The molecule has 2 aromatic carbocycles. The number of nitrogens with zero attached hydrogens (tertiary/aromatic N) is 4. The highest BCUT2D eigenvalue weighted by atomic mass is 19.1. The number of amides is 1. The van der Waals surface area contributed by atoms with Gasteiger partial charge in [-0.2, -0.15) is 9.37 Å². The second-order valence-electron chi connectivity index (χ2n) is 8.21. The maximum Gasteiger partial charge on any atom is 0.261 e. The standard InChI is InChI=1S/C27H23FN4O3/c1-3-32-25-21(27(34)31(2)22-9-11-24(28)30-26(22)32)14-17(15-29-25)12-13-35-23-10-8-18(16-33)19-6-4-5-7-20(19)23/h4-11,14-16H,3,12-13H2,1-2H3. The SMILES string of the molecule is CCN1c2ncc(CCOc3ccc(C=O)c4ccccc34)cc2C(=O)N(C)c2ccc(F)nc21. The van der Waals surface area contributed by atoms with E-state index in [0.717, 1.165) is 22.6 Å². The molecular formula is C27H23FN4O3. The van der Waals surface area contributed by atoms with Gasteiger partial charge in [0, 0.05) is 37.2 Å². The van der Waals surface area contributed by atoms with Gasteiger partial charge in [-0.3, -0.25) is 9.59 Å². The summed E-state index contributed by atoms with van der Waals surface area (Å²) in [5.74, 6) is 0.633. The molecule has 8 heteroatoms. The van der Waals surface area contributed by atoms with Crippen LogP contribution >= 0.6 is 0 Å². The first-order valence-corrected chi connectivity index (χ1v) is 11.3. The summed E-state index contributed by atoms with van der Waals surface area (Å²) in [5.41, 5.74) is 2.39. The fraction of sp³-hybridized carbons (Fsp3) is 0.185. The Morgan fingerprint density at radius 2 is 1.86 bits per heavy atom. The second kappa shape index (κ2) is 9.13. The van der Waals surface area contributed by atoms with E-state index < -0.39 is 5.95 Å². The maximum absolute atomic E-state index is 13.9. The number of fused-ring (bicyclic) bond motifs is 3. The number of pyridine rings is 2. The first kappa shape index (κ1) is 22.5. The highest BCUT2D eigenvalue weighted by molar-refractivity contribution is 6.12. The van der Waals surface area contributed by atoms with Crippen LogP contribution in [0, 0.1) is 5.95 Å². The number of benzene rings is 2. The van der Waals surface area contributed by atoms with Crippen LogP contribution < -0.4 is 14.5 Å². The average Bonchev–Trinajstić information content (AvgIpc) is 2.96. The molecule has 1 aliphatic heterocycles. The van der Waals surface area contributed by atoms with Crippen LogP contribution in [0.4, 0.5) is 21.7 Å². The lowest BCUT2D eigenvalue weighted by Crippen LogP contribution is -2.25. The molecule has 5 rings (SSSR count). The Bertz CT molecular complexity index is 1460. The van der Waals surface area contributed by atoms with Gasteiger partial charge in [-0.1, -0.05) is 24.3 Å². The lowest BCUT2D eigenvalue weighted by Gasteiger charge is -2.22. The first-order chi connectivity index (χ1) is 17.0. The number of anilines is 3. The normalized spacial score (nSPS) is 12.8. The Hall–Kier alpha value is -4.33. The predicted molar refractivity (Wildman–Crippen MR) is 132 cm³/mol. The monoisotopic (exact) mass is 470 g/mol. The van der Waals surface area contributed by atoms with Gasteiger partial charge < -0.3 is 14.5 Å². The lowest BCUT2D eigenvalue weighted by molar-refractivity contribution is 0.0993. The van der Waals surface area contributed by atoms with E-state index in [-0.39, 0.29) is 5.91 Å². The van der Waals surface area contributed by atoms with Crippen molar-refractivity contribution in [1.29, 1.82) is 0 Å². The number of aldehydes is 1. The third-order valence-corrected chi connectivity index (χ3v) is 6.16. The van der Waals surface area contributed by atoms with E-state index in [0.29, 0.717) is 53.8 Å². The van der Waals surface area contributed by atoms with Crippen LogP contribution in [0.1, 0.15) is 33.2 Å². The summed E-state index contributed by atoms with van der Waals surface area (Å²) >= 11 is 0. The van der Waals surface area contributed by atoms with E-state index in [2.05, 4.69) is 9.97 Å². The Kier molecular flexibility index (Phi) is 5.86. The molecule has 4 aromatic rings. The van der Waals surface area contributed by atoms with E-state index in [1.807, 2.05) is 37.3 Å². The smallest absolute Gasteiger partial charge is 0.261 e. The molecule has 35 heavy (non-hydrogen) atoms. The van der Waals surface area contributed by atoms with Crippen LogP contribution in [0.15, 0.2) is 60.8 Å². The molecule has 1 amide bonds. The highest BCUT2D eigenvalue weighted by Gasteiger charge is 2.31. The molecule has 7 nitrogen and oxygen atoms in total. The fourth-order valence-electron chi connectivity index (χ4n) is 4.38. The maximum atomic E-state index is 13.9. The van der Waals surface area contributed by atoms with E-state index in [1.165, 1.54) is 11.0 Å². The summed E-state index contributed by atoms with van der Waals surface area (Å²) in [6, 6.07) is 15.7. The van der Waals surface area contributed by atoms with Gasteiger partial charge in [0.05, 0.1) is 17.9 Å². The third kappa shape index (κ3) is 3.97. The molecule has 176 valence electrons. The van der Waals surface area contributed by atoms with Crippen LogP contribution in [0.2, 0.25) is 0 Å². The van der Waals surface area contributed by atoms with Crippen LogP contribution in [0.5, 0.6) is 5.75 Å². The van der Waals surface area contributed by atoms with E-state index in [9.17, 15) is 14.0 Å². The molecule has 3 heterocycles. The van der Waals surface area contributed by atoms with Gasteiger partial charge in [0.25, 0.3) is 5.91 Å². The molecule has 0 atom stereocenters. The molecule has 2 aromatic heterocycles. The van der Waals surface area contributed by atoms with Gasteiger partial charge in [-0.25, -0.2) is 4.98 Å². The number of rotatable bonds is 6. The largest absolute Gasteiger partial charge is 0.493 e. The van der Waals surface area contributed by atoms with Crippen LogP contribution in [0.3, 0.4) is 0 Å². The molecule has 0 unspecified atom stereocenters. The average molecular weight is 471 g/mol. The minimum atomic E-state index is -0.617. The predicted octanol–water partition coefficient (Wildman–Crippen LogP) is 4.95. The fourth-order valence-corrected chi connectivity index (χ4v) is 4.38. The number of ether oxygens (including phenoxy) is 1. The Balaban J connectivity index is 1.41. The van der Waals surface area contributed by atoms with Gasteiger partial charge in [0.1, 0.15) is 11.6 Å². The molecule has 1 aliphatic rings. The molecule has 0 N–H and O–H groups in total. The van der Waals surface area contributed by atoms with Gasteiger partial charge in [0.2, 0.25) is 5.95 Å². The summed E-state index contributed by atoms with van der Waals surface area (Å²) in [5, 5.41) is 1.70. The molecule has 0 saturated carbocycles. The van der Waals surface area contributed by atoms with Crippen LogP contribution in [-0.4, -0.2) is 42.4 Å². The number of hydrogen-bond donors (Lipinski definition) is 0. The zero-order chi connectivity index (χ0) is 24.5. The van der Waals surface area contributed by atoms with Gasteiger partial charge in [0.15, 0.2) is 12.1 Å². The van der Waals surface area contributed by atoms with Crippen molar-refractivity contribution >= 4 is 40.3 Å². The van der Waals surface area contributed by atoms with Gasteiger partial charge in [-0.05, 0) is 48.2 Å². The van der Waals surface area contributed by atoms with Gasteiger partial charge in [-0.15, -0.1) is 0 Å². The number of halogens is 1. The lowest BCUT2D eigenvalue weighted by atomic mass is 10.0. The Morgan fingerprint density at radius 1 is 1.06 bits per heavy atom. The zero-order valence-corrected chi connectivity index (χ0v) is 19.4. The molecule has 0 aliphatic carbocycles. The number of aromatic nitrogens is 2. The molecule has 0 fully saturated rings. The third-order valence-electron chi connectivity index (χ3n) is 6.16. The summed E-state index contributed by atoms with van der Waals surface area (Å²) in [7, 11) is 1.65. The Labute approximate surface area is 201 Å². The summed E-state index contributed by atoms with van der Waals surface area (Å²) in [6.07, 6.45) is 3.06. The zero-order valence-electron chi connectivity index (χ0n) is 19.4. The molecule has 0 saturated heterocycles. The van der Waals surface area contributed by atoms with Crippen molar-refractivity contribution in [3.8, 4) is 5.75 Å². The van der Waals surface area contributed by atoms with Crippen molar-refractivity contribution in [1.82, 2.24) is 9.97 Å². The van der Waals surface area contributed by atoms with Crippen LogP contribution in [-0.2, 0) is 6.42 Å². The minimum Gasteiger partial charge on any atom is -0.493 e. The number of hydrogen-bond acceptors (Lipinski definition) is 6. The summed E-state index contributed by atoms with van der Waals surface area (Å²) < 4.78 is 20.0. The highest BCUT2D eigenvalue weighted by Crippen LogP contribution is 2.38. The van der Waals surface area contributed by atoms with Crippen molar-refractivity contribution in [2.75, 3.05) is 30.0 Å². The number of carbonyl (C=O) groups is 2. The quantitative estimate of drug-likeness (QED) is 0.293. The van der Waals surface area contributed by atoms with E-state index in [4.69, 9.17) is 4.74 Å². The minimum absolute atomic E-state index is 0.240. The number of carbonyl (C=O) groups excluding carboxylic acids is 2. The summed E-state index contributed by atoms with van der Waals surface area (Å²) in [4.78, 5) is 36.4. The van der Waals surface area contributed by atoms with Crippen molar-refractivity contribution in [3.63, 3.8) is 0 Å². The topological polar surface area (TPSA) is 75.6 Å². The second-order valence-corrected chi connectivity index (χ2v) is 8.21. The van der Waals surface area contributed by atoms with Crippen molar-refractivity contribution in [2.24, 2.45) is 0 Å². The van der Waals surface area contributed by atoms with Gasteiger partial charge >= 0.3 is 0 Å². The van der Waals surface area contributed by atoms with Crippen molar-refractivity contribution in [2.45, 2.75) is 13.3 Å².